The third kappa shape index (κ3) is 9.53. The lowest BCUT2D eigenvalue weighted by Gasteiger charge is -2.29. The van der Waals surface area contributed by atoms with Gasteiger partial charge in [0.05, 0.1) is 19.8 Å². The Morgan fingerprint density at radius 3 is 2.55 bits per heavy atom. The number of rotatable bonds is 6. The van der Waals surface area contributed by atoms with Gasteiger partial charge in [-0.25, -0.2) is 4.79 Å². The van der Waals surface area contributed by atoms with Crippen LogP contribution in [0, 0.1) is 11.5 Å². The van der Waals surface area contributed by atoms with Crippen LogP contribution in [0.15, 0.2) is 16.5 Å². The number of ether oxygens (including phenoxy) is 2. The van der Waals surface area contributed by atoms with Gasteiger partial charge in [-0.15, -0.1) is 5.54 Å². The molecular weight excluding hydrogens is 384 g/mol. The molecule has 1 saturated heterocycles. The number of furan rings is 1. The van der Waals surface area contributed by atoms with Crippen LogP contribution in [-0.2, 0) is 16.0 Å². The predicted octanol–water partition coefficient (Wildman–Crippen LogP) is 3.97. The largest absolute Gasteiger partial charge is 0.451 e. The molecule has 0 spiro atoms. The first-order valence-electron chi connectivity index (χ1n) is 10.4. The van der Waals surface area contributed by atoms with Gasteiger partial charge < -0.3 is 18.8 Å². The third-order valence-electron chi connectivity index (χ3n) is 4.23. The Morgan fingerprint density at radius 1 is 1.24 bits per heavy atom. The summed E-state index contributed by atoms with van der Waals surface area (Å²) in [6.45, 7) is 17.6. The highest BCUT2D eigenvalue weighted by Gasteiger charge is 2.23. The van der Waals surface area contributed by atoms with Crippen molar-refractivity contribution in [3.05, 3.63) is 23.7 Å². The summed E-state index contributed by atoms with van der Waals surface area (Å²) in [5, 5.41) is 0. The summed E-state index contributed by atoms with van der Waals surface area (Å²) in [4.78, 5) is 16.8. The van der Waals surface area contributed by atoms with Gasteiger partial charge in [-0.1, -0.05) is 19.6 Å². The Hall–Kier alpha value is -1.75. The SMILES string of the molecule is CC(C)(C)OC(=O)N(CCCN1CCOCC1)Cc1ccc(C#C[Si](C)(C)C)o1. The molecule has 0 atom stereocenters. The minimum atomic E-state index is -1.46. The third-order valence-corrected chi connectivity index (χ3v) is 5.10. The molecule has 6 nitrogen and oxygen atoms in total. The van der Waals surface area contributed by atoms with Crippen molar-refractivity contribution >= 4 is 14.2 Å². The van der Waals surface area contributed by atoms with Crippen LogP contribution in [0.1, 0.15) is 38.7 Å². The van der Waals surface area contributed by atoms with E-state index >= 15 is 0 Å². The zero-order chi connectivity index (χ0) is 21.5. The number of nitrogens with zero attached hydrogens (tertiary/aromatic N) is 2. The first-order chi connectivity index (χ1) is 13.5. The number of amides is 1. The molecule has 0 unspecified atom stereocenters. The van der Waals surface area contributed by atoms with E-state index in [-0.39, 0.29) is 6.09 Å². The second kappa shape index (κ2) is 10.3. The van der Waals surface area contributed by atoms with Gasteiger partial charge in [-0.2, -0.15) is 0 Å². The summed E-state index contributed by atoms with van der Waals surface area (Å²) in [6, 6.07) is 3.77. The highest BCUT2D eigenvalue weighted by Crippen LogP contribution is 2.15. The molecule has 1 aromatic rings. The fourth-order valence-corrected chi connectivity index (χ4v) is 3.34. The average Bonchev–Trinajstić information content (AvgIpc) is 3.05. The zero-order valence-electron chi connectivity index (χ0n) is 18.8. The zero-order valence-corrected chi connectivity index (χ0v) is 19.8. The van der Waals surface area contributed by atoms with Crippen LogP contribution >= 0.6 is 0 Å². The maximum Gasteiger partial charge on any atom is 0.410 e. The summed E-state index contributed by atoms with van der Waals surface area (Å²) in [5.41, 5.74) is 2.77. The average molecular weight is 421 g/mol. The van der Waals surface area contributed by atoms with Gasteiger partial charge >= 0.3 is 6.09 Å². The Bertz CT molecular complexity index is 716. The number of carbonyl (C=O) groups is 1. The molecule has 0 aromatic carbocycles. The lowest BCUT2D eigenvalue weighted by molar-refractivity contribution is 0.0180. The Labute approximate surface area is 176 Å². The van der Waals surface area contributed by atoms with E-state index < -0.39 is 13.7 Å². The number of hydrogen-bond acceptors (Lipinski definition) is 5. The smallest absolute Gasteiger partial charge is 0.410 e. The molecule has 0 bridgehead atoms. The van der Waals surface area contributed by atoms with Crippen molar-refractivity contribution in [3.63, 3.8) is 0 Å². The molecule has 1 aliphatic heterocycles. The van der Waals surface area contributed by atoms with Crippen molar-refractivity contribution in [2.75, 3.05) is 39.4 Å². The van der Waals surface area contributed by atoms with E-state index in [1.165, 1.54) is 0 Å². The van der Waals surface area contributed by atoms with Crippen LogP contribution in [-0.4, -0.2) is 69.0 Å². The molecule has 1 aromatic heterocycles. The van der Waals surface area contributed by atoms with E-state index in [1.54, 1.807) is 4.90 Å². The molecule has 29 heavy (non-hydrogen) atoms. The van der Waals surface area contributed by atoms with Crippen LogP contribution in [0.4, 0.5) is 4.79 Å². The van der Waals surface area contributed by atoms with E-state index in [9.17, 15) is 4.79 Å². The molecule has 2 rings (SSSR count). The summed E-state index contributed by atoms with van der Waals surface area (Å²) >= 11 is 0. The van der Waals surface area contributed by atoms with Crippen LogP contribution in [0.25, 0.3) is 0 Å². The fourth-order valence-electron chi connectivity index (χ4n) is 2.84. The lowest BCUT2D eigenvalue weighted by atomic mass is 10.2. The maximum atomic E-state index is 12.7. The summed E-state index contributed by atoms with van der Waals surface area (Å²) in [5.74, 6) is 4.50. The van der Waals surface area contributed by atoms with Crippen molar-refractivity contribution in [3.8, 4) is 11.5 Å². The Kier molecular flexibility index (Phi) is 8.38. The van der Waals surface area contributed by atoms with Gasteiger partial charge in [0, 0.05) is 26.2 Å². The van der Waals surface area contributed by atoms with Gasteiger partial charge in [-0.3, -0.25) is 4.90 Å². The molecular formula is C22H36N2O4Si. The minimum Gasteiger partial charge on any atom is -0.451 e. The number of hydrogen-bond donors (Lipinski definition) is 0. The Morgan fingerprint density at radius 2 is 1.93 bits per heavy atom. The molecule has 1 fully saturated rings. The fraction of sp³-hybridized carbons (Fsp3) is 0.682. The second-order valence-corrected chi connectivity index (χ2v) is 14.2. The molecule has 2 heterocycles. The molecule has 0 N–H and O–H groups in total. The predicted molar refractivity (Wildman–Crippen MR) is 117 cm³/mol. The Balaban J connectivity index is 1.99. The van der Waals surface area contributed by atoms with Gasteiger partial charge in [0.2, 0.25) is 0 Å². The summed E-state index contributed by atoms with van der Waals surface area (Å²) in [7, 11) is -1.46. The van der Waals surface area contributed by atoms with Gasteiger partial charge in [0.15, 0.2) is 5.76 Å². The molecule has 7 heteroatoms. The van der Waals surface area contributed by atoms with Gasteiger partial charge in [-0.05, 0) is 45.2 Å². The number of morpholine rings is 1. The normalized spacial score (nSPS) is 15.5. The van der Waals surface area contributed by atoms with E-state index in [2.05, 4.69) is 36.0 Å². The van der Waals surface area contributed by atoms with Gasteiger partial charge in [0.1, 0.15) is 19.4 Å². The van der Waals surface area contributed by atoms with Crippen LogP contribution in [0.3, 0.4) is 0 Å². The molecule has 0 saturated carbocycles. The van der Waals surface area contributed by atoms with E-state index in [0.717, 1.165) is 45.0 Å². The highest BCUT2D eigenvalue weighted by atomic mass is 28.3. The molecule has 0 aliphatic carbocycles. The standard InChI is InChI=1S/C22H36N2O4Si/c1-22(2,3)28-21(25)24(12-7-11-23-13-15-26-16-14-23)18-20-9-8-19(27-20)10-17-29(4,5)6/h8-9H,7,11-16,18H2,1-6H3. The van der Waals surface area contributed by atoms with Crippen molar-refractivity contribution in [1.29, 1.82) is 0 Å². The highest BCUT2D eigenvalue weighted by molar-refractivity contribution is 6.83. The number of carbonyl (C=O) groups excluding carboxylic acids is 1. The molecule has 162 valence electrons. The molecule has 0 radical (unpaired) electrons. The van der Waals surface area contributed by atoms with Gasteiger partial charge in [0.25, 0.3) is 0 Å². The van der Waals surface area contributed by atoms with Crippen molar-refractivity contribution in [2.45, 2.75) is 59.0 Å². The lowest BCUT2D eigenvalue weighted by Crippen LogP contribution is -2.40. The second-order valence-electron chi connectivity index (χ2n) is 9.48. The van der Waals surface area contributed by atoms with E-state index in [4.69, 9.17) is 13.9 Å². The first-order valence-corrected chi connectivity index (χ1v) is 13.9. The maximum absolute atomic E-state index is 12.7. The van der Waals surface area contributed by atoms with Crippen LogP contribution < -0.4 is 0 Å². The van der Waals surface area contributed by atoms with Crippen molar-refractivity contribution in [2.24, 2.45) is 0 Å². The van der Waals surface area contributed by atoms with Crippen molar-refractivity contribution in [1.82, 2.24) is 9.80 Å². The first kappa shape index (κ1) is 23.5. The quantitative estimate of drug-likeness (QED) is 0.515. The molecule has 1 amide bonds. The summed E-state index contributed by atoms with van der Waals surface area (Å²) < 4.78 is 16.9. The van der Waals surface area contributed by atoms with Crippen LogP contribution in [0.5, 0.6) is 0 Å². The van der Waals surface area contributed by atoms with Crippen LogP contribution in [0.2, 0.25) is 19.6 Å². The monoisotopic (exact) mass is 420 g/mol. The minimum absolute atomic E-state index is 0.314. The summed E-state index contributed by atoms with van der Waals surface area (Å²) in [6.07, 6.45) is 0.563. The van der Waals surface area contributed by atoms with E-state index in [0.29, 0.717) is 18.8 Å². The van der Waals surface area contributed by atoms with E-state index in [1.807, 2.05) is 32.9 Å². The van der Waals surface area contributed by atoms with Crippen molar-refractivity contribution < 1.29 is 18.7 Å². The molecule has 1 aliphatic rings. The topological polar surface area (TPSA) is 55.2 Å².